The monoisotopic (exact) mass is 558 g/mol. The van der Waals surface area contributed by atoms with Crippen LogP contribution in [0.5, 0.6) is 5.75 Å². The quantitative estimate of drug-likeness (QED) is 0.172. The van der Waals surface area contributed by atoms with E-state index in [1.807, 2.05) is 38.2 Å². The summed E-state index contributed by atoms with van der Waals surface area (Å²) in [6, 6.07) is 10.4. The van der Waals surface area contributed by atoms with Crippen molar-refractivity contribution in [1.82, 2.24) is 19.4 Å². The number of terminal acetylenes is 1. The number of hydrogen-bond acceptors (Lipinski definition) is 6. The Balaban J connectivity index is 1.70. The zero-order valence-corrected chi connectivity index (χ0v) is 22.9. The van der Waals surface area contributed by atoms with Gasteiger partial charge in [0.1, 0.15) is 16.3 Å². The van der Waals surface area contributed by atoms with Crippen LogP contribution in [0.2, 0.25) is 0 Å². The lowest BCUT2D eigenvalue weighted by atomic mass is 10.00. The fourth-order valence-electron chi connectivity index (χ4n) is 5.47. The Hall–Kier alpha value is -4.20. The number of aromatic amines is 1. The van der Waals surface area contributed by atoms with Crippen molar-refractivity contribution in [3.8, 4) is 29.2 Å². The van der Waals surface area contributed by atoms with E-state index in [-0.39, 0.29) is 11.5 Å². The topological polar surface area (TPSA) is 97.3 Å². The lowest BCUT2D eigenvalue weighted by Gasteiger charge is -2.39. The minimum Gasteiger partial charge on any atom is -0.493 e. The average molecular weight is 559 g/mol. The standard InChI is InChI=1S/C30H27FN4O4S/c1-4-6-9-39-27-13-24-26(12-23(27)19-11-21(15-32-14-19)40(31,37)38)35(20-16-34(3)17-20)30-28(29(24)36)22-8-7-18(5-2)10-25(22)33-30/h2,7-8,10-15,20,33H,4,6,9,16-17H2,1,3H3. The molecule has 0 amide bonds. The van der Waals surface area contributed by atoms with Crippen molar-refractivity contribution in [1.29, 1.82) is 0 Å². The zero-order chi connectivity index (χ0) is 28.2. The molecule has 1 aliphatic rings. The van der Waals surface area contributed by atoms with E-state index in [4.69, 9.17) is 11.2 Å². The van der Waals surface area contributed by atoms with Gasteiger partial charge in [-0.15, -0.1) is 10.3 Å². The molecule has 1 fully saturated rings. The van der Waals surface area contributed by atoms with Crippen molar-refractivity contribution in [2.24, 2.45) is 0 Å². The molecule has 0 unspecified atom stereocenters. The van der Waals surface area contributed by atoms with E-state index in [0.717, 1.165) is 43.0 Å². The molecule has 1 aliphatic heterocycles. The first kappa shape index (κ1) is 26.0. The van der Waals surface area contributed by atoms with E-state index in [1.54, 1.807) is 6.07 Å². The maximum absolute atomic E-state index is 14.1. The first-order chi connectivity index (χ1) is 19.2. The number of fused-ring (bicyclic) bond motifs is 4. The van der Waals surface area contributed by atoms with Crippen molar-refractivity contribution in [3.05, 3.63) is 64.6 Å². The van der Waals surface area contributed by atoms with Crippen molar-refractivity contribution in [3.63, 3.8) is 0 Å². The number of nitrogens with one attached hydrogen (secondary N) is 1. The van der Waals surface area contributed by atoms with Crippen LogP contribution >= 0.6 is 0 Å². The normalized spacial score (nSPS) is 14.6. The van der Waals surface area contributed by atoms with Crippen LogP contribution in [0, 0.1) is 12.3 Å². The molecule has 10 heteroatoms. The fraction of sp³-hybridized carbons (Fsp3) is 0.267. The van der Waals surface area contributed by atoms with Gasteiger partial charge in [-0.3, -0.25) is 9.78 Å². The largest absolute Gasteiger partial charge is 0.493 e. The van der Waals surface area contributed by atoms with Gasteiger partial charge < -0.3 is 19.2 Å². The summed E-state index contributed by atoms with van der Waals surface area (Å²) in [6.45, 7) is 3.99. The van der Waals surface area contributed by atoms with Crippen molar-refractivity contribution < 1.29 is 17.0 Å². The Morgan fingerprint density at radius 3 is 2.67 bits per heavy atom. The van der Waals surface area contributed by atoms with E-state index in [2.05, 4.69) is 25.4 Å². The summed E-state index contributed by atoms with van der Waals surface area (Å²) in [6.07, 6.45) is 9.75. The van der Waals surface area contributed by atoms with Gasteiger partial charge in [0.15, 0.2) is 5.43 Å². The second kappa shape index (κ2) is 9.77. The molecule has 6 rings (SSSR count). The Morgan fingerprint density at radius 1 is 1.18 bits per heavy atom. The van der Waals surface area contributed by atoms with Crippen molar-refractivity contribution in [2.75, 3.05) is 26.7 Å². The number of aromatic nitrogens is 3. The molecule has 40 heavy (non-hydrogen) atoms. The lowest BCUT2D eigenvalue weighted by Crippen LogP contribution is -2.45. The molecule has 5 aromatic rings. The minimum absolute atomic E-state index is 0.0751. The number of H-pyrrole nitrogens is 1. The molecular weight excluding hydrogens is 531 g/mol. The summed E-state index contributed by atoms with van der Waals surface area (Å²) in [5, 5.41) is 1.83. The number of rotatable bonds is 7. The smallest absolute Gasteiger partial charge is 0.333 e. The zero-order valence-electron chi connectivity index (χ0n) is 22.1. The molecule has 2 aromatic carbocycles. The molecule has 0 aliphatic carbocycles. The van der Waals surface area contributed by atoms with Crippen LogP contribution in [0.25, 0.3) is 44.0 Å². The Kier molecular flexibility index (Phi) is 6.36. The first-order valence-corrected chi connectivity index (χ1v) is 14.4. The molecule has 204 valence electrons. The Bertz CT molecular complexity index is 2020. The van der Waals surface area contributed by atoms with E-state index >= 15 is 0 Å². The third-order valence-electron chi connectivity index (χ3n) is 7.49. The second-order valence-corrected chi connectivity index (χ2v) is 11.6. The van der Waals surface area contributed by atoms with Gasteiger partial charge in [-0.2, -0.15) is 8.42 Å². The predicted molar refractivity (Wildman–Crippen MR) is 154 cm³/mol. The molecule has 3 aromatic heterocycles. The molecule has 1 N–H and O–H groups in total. The molecule has 0 spiro atoms. The number of halogens is 1. The summed E-state index contributed by atoms with van der Waals surface area (Å²) in [4.78, 5) is 23.2. The van der Waals surface area contributed by atoms with Gasteiger partial charge in [0, 0.05) is 53.1 Å². The van der Waals surface area contributed by atoms with Gasteiger partial charge in [0.05, 0.1) is 28.9 Å². The van der Waals surface area contributed by atoms with E-state index in [1.165, 1.54) is 12.3 Å². The highest BCUT2D eigenvalue weighted by Crippen LogP contribution is 2.38. The SMILES string of the molecule is C#Cc1ccc2c(c1)[nH]c1c2c(=O)c2cc(OCCCC)c(-c3cncc(S(=O)(=O)F)c3)cc2n1C1CN(C)C1. The second-order valence-electron chi connectivity index (χ2n) is 10.2. The van der Waals surface area contributed by atoms with E-state index < -0.39 is 15.1 Å². The third kappa shape index (κ3) is 4.31. The maximum atomic E-state index is 14.1. The fourth-order valence-corrected chi connectivity index (χ4v) is 5.92. The number of nitrogens with zero attached hydrogens (tertiary/aromatic N) is 3. The van der Waals surface area contributed by atoms with Crippen molar-refractivity contribution >= 4 is 43.1 Å². The van der Waals surface area contributed by atoms with Crippen LogP contribution in [-0.2, 0) is 10.2 Å². The maximum Gasteiger partial charge on any atom is 0.333 e. The highest BCUT2D eigenvalue weighted by atomic mass is 32.3. The summed E-state index contributed by atoms with van der Waals surface area (Å²) in [5.41, 5.74) is 3.55. The van der Waals surface area contributed by atoms with Gasteiger partial charge in [-0.05, 0) is 43.8 Å². The van der Waals surface area contributed by atoms with Crippen LogP contribution < -0.4 is 10.2 Å². The van der Waals surface area contributed by atoms with E-state index in [9.17, 15) is 17.1 Å². The first-order valence-electron chi connectivity index (χ1n) is 13.0. The minimum atomic E-state index is -4.97. The number of likely N-dealkylation sites (tertiary alicyclic amines) is 1. The number of ether oxygens (including phenoxy) is 1. The number of unbranched alkanes of at least 4 members (excludes halogenated alkanes) is 1. The highest BCUT2D eigenvalue weighted by molar-refractivity contribution is 7.86. The number of benzene rings is 2. The molecule has 0 radical (unpaired) electrons. The number of hydrogen-bond donors (Lipinski definition) is 1. The molecule has 0 bridgehead atoms. The van der Waals surface area contributed by atoms with Gasteiger partial charge in [-0.1, -0.05) is 25.3 Å². The molecule has 1 saturated heterocycles. The van der Waals surface area contributed by atoms with Gasteiger partial charge in [0.25, 0.3) is 0 Å². The van der Waals surface area contributed by atoms with Gasteiger partial charge >= 0.3 is 10.2 Å². The van der Waals surface area contributed by atoms with Gasteiger partial charge in [-0.25, -0.2) is 0 Å². The molecule has 0 saturated carbocycles. The Morgan fingerprint density at radius 2 is 1.98 bits per heavy atom. The third-order valence-corrected chi connectivity index (χ3v) is 8.27. The summed E-state index contributed by atoms with van der Waals surface area (Å²) >= 11 is 0. The van der Waals surface area contributed by atoms with Crippen LogP contribution in [0.3, 0.4) is 0 Å². The lowest BCUT2D eigenvalue weighted by molar-refractivity contribution is 0.146. The van der Waals surface area contributed by atoms with Gasteiger partial charge in [0.2, 0.25) is 0 Å². The van der Waals surface area contributed by atoms with Crippen molar-refractivity contribution in [2.45, 2.75) is 30.7 Å². The van der Waals surface area contributed by atoms with Crippen LogP contribution in [0.4, 0.5) is 3.89 Å². The summed E-state index contributed by atoms with van der Waals surface area (Å²) in [5.74, 6) is 3.05. The predicted octanol–water partition coefficient (Wildman–Crippen LogP) is 5.00. The Labute approximate surface area is 230 Å². The highest BCUT2D eigenvalue weighted by Gasteiger charge is 2.30. The molecule has 4 heterocycles. The summed E-state index contributed by atoms with van der Waals surface area (Å²) < 4.78 is 45.5. The van der Waals surface area contributed by atoms with E-state index in [0.29, 0.717) is 51.0 Å². The molecule has 8 nitrogen and oxygen atoms in total. The number of pyridine rings is 2. The molecule has 0 atom stereocenters. The van der Waals surface area contributed by atoms with Crippen LogP contribution in [0.15, 0.2) is 58.5 Å². The molecular formula is C30H27FN4O4S. The van der Waals surface area contributed by atoms with Crippen LogP contribution in [-0.4, -0.2) is 54.6 Å². The summed E-state index contributed by atoms with van der Waals surface area (Å²) in [7, 11) is -2.94. The number of likely N-dealkylation sites (N-methyl/N-ethyl adjacent to an activating group) is 1. The van der Waals surface area contributed by atoms with Crippen LogP contribution in [0.1, 0.15) is 31.4 Å². The average Bonchev–Trinajstić information content (AvgIpc) is 3.30.